The maximum absolute atomic E-state index is 6.06. The fourth-order valence-corrected chi connectivity index (χ4v) is 2.77. The molecule has 1 aliphatic carbocycles. The molecule has 0 aromatic heterocycles. The third kappa shape index (κ3) is 4.50. The molecule has 0 saturated heterocycles. The third-order valence-electron chi connectivity index (χ3n) is 3.84. The van der Waals surface area contributed by atoms with Crippen molar-refractivity contribution in [1.29, 1.82) is 0 Å². The molecule has 1 aliphatic rings. The van der Waals surface area contributed by atoms with E-state index in [0.717, 1.165) is 18.9 Å². The number of nitrogens with one attached hydrogen (secondary N) is 1. The molecule has 1 unspecified atom stereocenters. The van der Waals surface area contributed by atoms with Crippen LogP contribution in [-0.4, -0.2) is 25.9 Å². The van der Waals surface area contributed by atoms with Crippen molar-refractivity contribution in [3.05, 3.63) is 29.8 Å². The van der Waals surface area contributed by atoms with Crippen LogP contribution in [0.4, 0.5) is 0 Å². The van der Waals surface area contributed by atoms with Crippen molar-refractivity contribution in [1.82, 2.24) is 5.32 Å². The zero-order valence-corrected chi connectivity index (χ0v) is 12.7. The first-order chi connectivity index (χ1) is 9.83. The Morgan fingerprint density at radius 2 is 1.85 bits per heavy atom. The number of ether oxygens (including phenoxy) is 2. The van der Waals surface area contributed by atoms with Gasteiger partial charge in [-0.1, -0.05) is 31.9 Å². The standard InChI is InChI=1S/C17H27NO2/c1-3-18-17(13-20-15-7-5-6-8-15)14-9-11-16(12-10-14)19-4-2/h9-12,15,17-18H,3-8,13H2,1-2H3. The molecule has 0 bridgehead atoms. The molecule has 3 heteroatoms. The average molecular weight is 277 g/mol. The zero-order chi connectivity index (χ0) is 14.2. The van der Waals surface area contributed by atoms with Crippen LogP contribution in [0.2, 0.25) is 0 Å². The fourth-order valence-electron chi connectivity index (χ4n) is 2.77. The summed E-state index contributed by atoms with van der Waals surface area (Å²) in [6, 6.07) is 8.63. The van der Waals surface area contributed by atoms with E-state index in [-0.39, 0.29) is 6.04 Å². The van der Waals surface area contributed by atoms with Crippen LogP contribution in [0.3, 0.4) is 0 Å². The summed E-state index contributed by atoms with van der Waals surface area (Å²) < 4.78 is 11.5. The van der Waals surface area contributed by atoms with E-state index in [0.29, 0.717) is 12.7 Å². The Morgan fingerprint density at radius 1 is 1.15 bits per heavy atom. The van der Waals surface area contributed by atoms with E-state index in [1.807, 2.05) is 19.1 Å². The Labute approximate surface area is 122 Å². The van der Waals surface area contributed by atoms with E-state index in [2.05, 4.69) is 24.4 Å². The molecule has 2 rings (SSSR count). The Bertz CT molecular complexity index is 371. The summed E-state index contributed by atoms with van der Waals surface area (Å²) in [5, 5.41) is 3.51. The molecule has 0 spiro atoms. The molecule has 1 fully saturated rings. The predicted octanol–water partition coefficient (Wildman–Crippen LogP) is 3.70. The van der Waals surface area contributed by atoms with Crippen LogP contribution < -0.4 is 10.1 Å². The van der Waals surface area contributed by atoms with E-state index >= 15 is 0 Å². The van der Waals surface area contributed by atoms with Gasteiger partial charge in [-0.15, -0.1) is 0 Å². The zero-order valence-electron chi connectivity index (χ0n) is 12.7. The van der Waals surface area contributed by atoms with Crippen molar-refractivity contribution in [2.75, 3.05) is 19.8 Å². The average Bonchev–Trinajstić information content (AvgIpc) is 2.98. The molecular weight excluding hydrogens is 250 g/mol. The Morgan fingerprint density at radius 3 is 2.45 bits per heavy atom. The molecule has 20 heavy (non-hydrogen) atoms. The first-order valence-electron chi connectivity index (χ1n) is 7.91. The van der Waals surface area contributed by atoms with Crippen molar-refractivity contribution in [3.63, 3.8) is 0 Å². The van der Waals surface area contributed by atoms with Gasteiger partial charge in [0.2, 0.25) is 0 Å². The quantitative estimate of drug-likeness (QED) is 0.786. The highest BCUT2D eigenvalue weighted by Gasteiger charge is 2.18. The van der Waals surface area contributed by atoms with Crippen LogP contribution in [0, 0.1) is 0 Å². The second-order valence-electron chi connectivity index (χ2n) is 5.35. The van der Waals surface area contributed by atoms with Gasteiger partial charge in [0.25, 0.3) is 0 Å². The molecule has 112 valence electrons. The molecule has 1 aromatic carbocycles. The third-order valence-corrected chi connectivity index (χ3v) is 3.84. The minimum absolute atomic E-state index is 0.274. The minimum Gasteiger partial charge on any atom is -0.494 e. The van der Waals surface area contributed by atoms with Gasteiger partial charge in [0.05, 0.1) is 25.4 Å². The van der Waals surface area contributed by atoms with Gasteiger partial charge in [-0.05, 0) is 44.0 Å². The van der Waals surface area contributed by atoms with Crippen molar-refractivity contribution in [3.8, 4) is 5.75 Å². The summed E-state index contributed by atoms with van der Waals surface area (Å²) >= 11 is 0. The molecule has 0 amide bonds. The highest BCUT2D eigenvalue weighted by molar-refractivity contribution is 5.29. The lowest BCUT2D eigenvalue weighted by atomic mass is 10.1. The lowest BCUT2D eigenvalue weighted by molar-refractivity contribution is 0.0428. The van der Waals surface area contributed by atoms with Gasteiger partial charge in [0, 0.05) is 0 Å². The van der Waals surface area contributed by atoms with E-state index in [4.69, 9.17) is 9.47 Å². The minimum atomic E-state index is 0.274. The number of hydrogen-bond acceptors (Lipinski definition) is 3. The number of benzene rings is 1. The lowest BCUT2D eigenvalue weighted by Gasteiger charge is -2.21. The van der Waals surface area contributed by atoms with E-state index < -0.39 is 0 Å². The van der Waals surface area contributed by atoms with Gasteiger partial charge in [0.1, 0.15) is 5.75 Å². The molecule has 1 aromatic rings. The summed E-state index contributed by atoms with van der Waals surface area (Å²) in [6.07, 6.45) is 5.56. The van der Waals surface area contributed by atoms with Gasteiger partial charge in [-0.3, -0.25) is 0 Å². The second-order valence-corrected chi connectivity index (χ2v) is 5.35. The molecule has 0 heterocycles. The van der Waals surface area contributed by atoms with Crippen LogP contribution >= 0.6 is 0 Å². The fraction of sp³-hybridized carbons (Fsp3) is 0.647. The van der Waals surface area contributed by atoms with Crippen molar-refractivity contribution in [2.45, 2.75) is 51.7 Å². The SMILES string of the molecule is CCNC(COC1CCCC1)c1ccc(OCC)cc1. The van der Waals surface area contributed by atoms with Crippen LogP contribution in [0.25, 0.3) is 0 Å². The van der Waals surface area contributed by atoms with E-state index in [1.54, 1.807) is 0 Å². The number of hydrogen-bond donors (Lipinski definition) is 1. The molecule has 1 saturated carbocycles. The molecule has 3 nitrogen and oxygen atoms in total. The summed E-state index contributed by atoms with van der Waals surface area (Å²) in [6.45, 7) is 6.56. The van der Waals surface area contributed by atoms with Crippen LogP contribution in [-0.2, 0) is 4.74 Å². The number of rotatable bonds is 8. The Kier molecular flexibility index (Phi) is 6.34. The highest BCUT2D eigenvalue weighted by Crippen LogP contribution is 2.24. The summed E-state index contributed by atoms with van der Waals surface area (Å²) in [5.41, 5.74) is 1.27. The van der Waals surface area contributed by atoms with Crippen LogP contribution in [0.15, 0.2) is 24.3 Å². The lowest BCUT2D eigenvalue weighted by Crippen LogP contribution is -2.27. The topological polar surface area (TPSA) is 30.5 Å². The van der Waals surface area contributed by atoms with Gasteiger partial charge in [-0.25, -0.2) is 0 Å². The molecular formula is C17H27NO2. The number of likely N-dealkylation sites (N-methyl/N-ethyl adjacent to an activating group) is 1. The summed E-state index contributed by atoms with van der Waals surface area (Å²) in [5.74, 6) is 0.934. The molecule has 0 radical (unpaired) electrons. The van der Waals surface area contributed by atoms with Crippen molar-refractivity contribution >= 4 is 0 Å². The van der Waals surface area contributed by atoms with Crippen LogP contribution in [0.1, 0.15) is 51.1 Å². The summed E-state index contributed by atoms with van der Waals surface area (Å²) in [4.78, 5) is 0. The smallest absolute Gasteiger partial charge is 0.119 e. The monoisotopic (exact) mass is 277 g/mol. The molecule has 1 N–H and O–H groups in total. The van der Waals surface area contributed by atoms with Gasteiger partial charge >= 0.3 is 0 Å². The first-order valence-corrected chi connectivity index (χ1v) is 7.91. The van der Waals surface area contributed by atoms with Crippen LogP contribution in [0.5, 0.6) is 5.75 Å². The highest BCUT2D eigenvalue weighted by atomic mass is 16.5. The normalized spacial score (nSPS) is 17.3. The van der Waals surface area contributed by atoms with Crippen molar-refractivity contribution in [2.24, 2.45) is 0 Å². The first kappa shape index (κ1) is 15.3. The predicted molar refractivity (Wildman–Crippen MR) is 82.2 cm³/mol. The van der Waals surface area contributed by atoms with Gasteiger partial charge in [0.15, 0.2) is 0 Å². The van der Waals surface area contributed by atoms with Gasteiger partial charge in [-0.2, -0.15) is 0 Å². The van der Waals surface area contributed by atoms with Gasteiger partial charge < -0.3 is 14.8 Å². The van der Waals surface area contributed by atoms with E-state index in [9.17, 15) is 0 Å². The maximum Gasteiger partial charge on any atom is 0.119 e. The molecule has 1 atom stereocenters. The summed E-state index contributed by atoms with van der Waals surface area (Å²) in [7, 11) is 0. The Hall–Kier alpha value is -1.06. The molecule has 0 aliphatic heterocycles. The van der Waals surface area contributed by atoms with E-state index in [1.165, 1.54) is 31.2 Å². The largest absolute Gasteiger partial charge is 0.494 e. The maximum atomic E-state index is 6.06. The second kappa shape index (κ2) is 8.28. The Balaban J connectivity index is 1.91. The van der Waals surface area contributed by atoms with Crippen molar-refractivity contribution < 1.29 is 9.47 Å².